The Kier molecular flexibility index (Phi) is 4.71. The molecule has 19 heavy (non-hydrogen) atoms. The number of benzene rings is 1. The molecule has 0 amide bonds. The molecule has 4 heteroatoms. The van der Waals surface area contributed by atoms with Gasteiger partial charge in [0.2, 0.25) is 0 Å². The minimum atomic E-state index is 0.0136. The largest absolute Gasteiger partial charge is 0.379 e. The second kappa shape index (κ2) is 6.12. The molecule has 0 saturated carbocycles. The third-order valence-electron chi connectivity index (χ3n) is 4.03. The van der Waals surface area contributed by atoms with Gasteiger partial charge in [-0.1, -0.05) is 24.6 Å². The number of piperidine rings is 1. The Morgan fingerprint density at radius 2 is 2.21 bits per heavy atom. The number of nitrogens with zero attached hydrogens (tertiary/aromatic N) is 1. The topological polar surface area (TPSA) is 38.5 Å². The van der Waals surface area contributed by atoms with Gasteiger partial charge in [0, 0.05) is 26.2 Å². The standard InChI is InChI=1S/C15H23ClN2O/c1-10-6-7-18(9-15(10)19-3)14-5-4-12(11(2)17)8-13(14)16/h4-5,8,10-11,15H,6-7,9,17H2,1-3H3/t10?,11-,15?/m0/s1. The van der Waals surface area contributed by atoms with Crippen molar-refractivity contribution in [1.82, 2.24) is 0 Å². The first-order chi connectivity index (χ1) is 9.02. The van der Waals surface area contributed by atoms with E-state index in [0.29, 0.717) is 5.92 Å². The van der Waals surface area contributed by atoms with E-state index < -0.39 is 0 Å². The third-order valence-corrected chi connectivity index (χ3v) is 4.33. The number of ether oxygens (including phenoxy) is 1. The number of nitrogens with two attached hydrogens (primary N) is 1. The summed E-state index contributed by atoms with van der Waals surface area (Å²) < 4.78 is 5.55. The van der Waals surface area contributed by atoms with Crippen LogP contribution in [-0.2, 0) is 4.74 Å². The molecule has 1 aliphatic heterocycles. The zero-order valence-electron chi connectivity index (χ0n) is 11.9. The molecule has 1 saturated heterocycles. The normalized spacial score (nSPS) is 25.4. The van der Waals surface area contributed by atoms with Crippen molar-refractivity contribution in [3.05, 3.63) is 28.8 Å². The van der Waals surface area contributed by atoms with E-state index in [9.17, 15) is 0 Å². The van der Waals surface area contributed by atoms with Crippen LogP contribution in [-0.4, -0.2) is 26.3 Å². The van der Waals surface area contributed by atoms with Gasteiger partial charge < -0.3 is 15.4 Å². The summed E-state index contributed by atoms with van der Waals surface area (Å²) >= 11 is 6.40. The fourth-order valence-corrected chi connectivity index (χ4v) is 2.93. The van der Waals surface area contributed by atoms with Gasteiger partial charge in [0.05, 0.1) is 16.8 Å². The van der Waals surface area contributed by atoms with Gasteiger partial charge in [0.15, 0.2) is 0 Å². The van der Waals surface area contributed by atoms with Gasteiger partial charge in [0.1, 0.15) is 0 Å². The maximum absolute atomic E-state index is 6.40. The van der Waals surface area contributed by atoms with Crippen molar-refractivity contribution in [1.29, 1.82) is 0 Å². The van der Waals surface area contributed by atoms with Gasteiger partial charge in [-0.2, -0.15) is 0 Å². The molecule has 1 fully saturated rings. The molecule has 3 atom stereocenters. The second-order valence-corrected chi connectivity index (χ2v) is 5.89. The van der Waals surface area contributed by atoms with Crippen LogP contribution in [0.1, 0.15) is 31.9 Å². The van der Waals surface area contributed by atoms with E-state index >= 15 is 0 Å². The molecule has 2 rings (SSSR count). The first kappa shape index (κ1) is 14.6. The molecular weight excluding hydrogens is 260 g/mol. The predicted octanol–water partition coefficient (Wildman–Crippen LogP) is 3.22. The van der Waals surface area contributed by atoms with E-state index in [-0.39, 0.29) is 12.1 Å². The monoisotopic (exact) mass is 282 g/mol. The Labute approximate surface area is 120 Å². The third kappa shape index (κ3) is 3.22. The highest BCUT2D eigenvalue weighted by molar-refractivity contribution is 6.33. The lowest BCUT2D eigenvalue weighted by atomic mass is 9.95. The molecule has 3 nitrogen and oxygen atoms in total. The van der Waals surface area contributed by atoms with Crippen molar-refractivity contribution in [3.63, 3.8) is 0 Å². The van der Waals surface area contributed by atoms with Crippen LogP contribution < -0.4 is 10.6 Å². The van der Waals surface area contributed by atoms with Gasteiger partial charge in [-0.15, -0.1) is 0 Å². The van der Waals surface area contributed by atoms with E-state index in [2.05, 4.69) is 24.0 Å². The van der Waals surface area contributed by atoms with Gasteiger partial charge in [-0.25, -0.2) is 0 Å². The average molecular weight is 283 g/mol. The van der Waals surface area contributed by atoms with Crippen molar-refractivity contribution in [2.45, 2.75) is 32.4 Å². The molecule has 1 aliphatic rings. The number of halogens is 1. The van der Waals surface area contributed by atoms with E-state index in [1.807, 2.05) is 13.0 Å². The number of anilines is 1. The van der Waals surface area contributed by atoms with Gasteiger partial charge >= 0.3 is 0 Å². The van der Waals surface area contributed by atoms with E-state index in [1.54, 1.807) is 7.11 Å². The molecule has 0 bridgehead atoms. The quantitative estimate of drug-likeness (QED) is 0.925. The summed E-state index contributed by atoms with van der Waals surface area (Å²) in [5.74, 6) is 0.600. The summed E-state index contributed by atoms with van der Waals surface area (Å²) in [5, 5.41) is 0.777. The maximum atomic E-state index is 6.40. The van der Waals surface area contributed by atoms with Crippen LogP contribution in [0, 0.1) is 5.92 Å². The Hall–Kier alpha value is -0.770. The van der Waals surface area contributed by atoms with Crippen molar-refractivity contribution in [3.8, 4) is 0 Å². The smallest absolute Gasteiger partial charge is 0.0772 e. The Morgan fingerprint density at radius 3 is 2.79 bits per heavy atom. The second-order valence-electron chi connectivity index (χ2n) is 5.49. The number of hydrogen-bond acceptors (Lipinski definition) is 3. The maximum Gasteiger partial charge on any atom is 0.0772 e. The minimum absolute atomic E-state index is 0.0136. The molecule has 1 aromatic carbocycles. The molecule has 2 N–H and O–H groups in total. The lowest BCUT2D eigenvalue weighted by molar-refractivity contribution is 0.0498. The predicted molar refractivity (Wildman–Crippen MR) is 80.8 cm³/mol. The van der Waals surface area contributed by atoms with Gasteiger partial charge in [-0.3, -0.25) is 0 Å². The van der Waals surface area contributed by atoms with E-state index in [0.717, 1.165) is 35.8 Å². The fraction of sp³-hybridized carbons (Fsp3) is 0.600. The molecule has 0 spiro atoms. The van der Waals surface area contributed by atoms with Crippen LogP contribution >= 0.6 is 11.6 Å². The van der Waals surface area contributed by atoms with Crippen molar-refractivity contribution in [2.24, 2.45) is 11.7 Å². The Morgan fingerprint density at radius 1 is 1.47 bits per heavy atom. The molecule has 0 aromatic heterocycles. The summed E-state index contributed by atoms with van der Waals surface area (Å²) in [7, 11) is 1.78. The summed E-state index contributed by atoms with van der Waals surface area (Å²) in [6, 6.07) is 6.12. The van der Waals surface area contributed by atoms with Crippen LogP contribution in [0.3, 0.4) is 0 Å². The first-order valence-corrected chi connectivity index (χ1v) is 7.23. The van der Waals surface area contributed by atoms with Gasteiger partial charge in [0.25, 0.3) is 0 Å². The summed E-state index contributed by atoms with van der Waals surface area (Å²) in [6.45, 7) is 6.13. The lowest BCUT2D eigenvalue weighted by Gasteiger charge is -2.38. The SMILES string of the molecule is COC1CN(c2ccc([C@H](C)N)cc2Cl)CCC1C. The highest BCUT2D eigenvalue weighted by Gasteiger charge is 2.27. The lowest BCUT2D eigenvalue weighted by Crippen LogP contribution is -2.44. The Bertz CT molecular complexity index is 436. The first-order valence-electron chi connectivity index (χ1n) is 6.85. The van der Waals surface area contributed by atoms with Crippen molar-refractivity contribution in [2.75, 3.05) is 25.1 Å². The minimum Gasteiger partial charge on any atom is -0.379 e. The van der Waals surface area contributed by atoms with E-state index in [1.165, 1.54) is 0 Å². The van der Waals surface area contributed by atoms with Crippen LogP contribution in [0.15, 0.2) is 18.2 Å². The number of methoxy groups -OCH3 is 1. The van der Waals surface area contributed by atoms with Gasteiger partial charge in [-0.05, 0) is 37.0 Å². The van der Waals surface area contributed by atoms with Crippen molar-refractivity contribution >= 4 is 17.3 Å². The molecule has 1 aromatic rings. The average Bonchev–Trinajstić information content (AvgIpc) is 2.39. The molecular formula is C15H23ClN2O. The zero-order valence-corrected chi connectivity index (χ0v) is 12.7. The van der Waals surface area contributed by atoms with E-state index in [4.69, 9.17) is 22.1 Å². The number of hydrogen-bond donors (Lipinski definition) is 1. The fourth-order valence-electron chi connectivity index (χ4n) is 2.62. The van der Waals surface area contributed by atoms with Crippen molar-refractivity contribution < 1.29 is 4.74 Å². The van der Waals surface area contributed by atoms with Crippen LogP contribution in [0.25, 0.3) is 0 Å². The van der Waals surface area contributed by atoms with Crippen LogP contribution in [0.2, 0.25) is 5.02 Å². The van der Waals surface area contributed by atoms with Crippen LogP contribution in [0.5, 0.6) is 0 Å². The molecule has 0 radical (unpaired) electrons. The summed E-state index contributed by atoms with van der Waals surface area (Å²) in [5.41, 5.74) is 8.04. The molecule has 1 heterocycles. The molecule has 0 aliphatic carbocycles. The molecule has 106 valence electrons. The molecule has 2 unspecified atom stereocenters. The zero-order chi connectivity index (χ0) is 14.0. The number of rotatable bonds is 3. The van der Waals surface area contributed by atoms with Crippen LogP contribution in [0.4, 0.5) is 5.69 Å². The summed E-state index contributed by atoms with van der Waals surface area (Å²) in [4.78, 5) is 2.31. The highest BCUT2D eigenvalue weighted by Crippen LogP contribution is 2.32. The Balaban J connectivity index is 2.18. The highest BCUT2D eigenvalue weighted by atomic mass is 35.5. The summed E-state index contributed by atoms with van der Waals surface area (Å²) in [6.07, 6.45) is 1.40.